The number of hydrogen-bond donors (Lipinski definition) is 1. The summed E-state index contributed by atoms with van der Waals surface area (Å²) in [6.45, 7) is 4.78. The van der Waals surface area contributed by atoms with Crippen molar-refractivity contribution >= 4 is 0 Å². The lowest BCUT2D eigenvalue weighted by molar-refractivity contribution is 0.318. The number of nitrogens with one attached hydrogen (secondary N) is 1. The monoisotopic (exact) mass is 257 g/mol. The Morgan fingerprint density at radius 3 is 2.68 bits per heavy atom. The van der Waals surface area contributed by atoms with Crippen LogP contribution in [0.25, 0.3) is 0 Å². The maximum atomic E-state index is 3.71. The van der Waals surface area contributed by atoms with Gasteiger partial charge in [-0.25, -0.2) is 0 Å². The highest BCUT2D eigenvalue weighted by atomic mass is 14.9. The highest BCUT2D eigenvalue weighted by Gasteiger charge is 2.38. The van der Waals surface area contributed by atoms with Crippen LogP contribution in [0.2, 0.25) is 0 Å². The molecule has 1 aromatic rings. The molecule has 2 saturated carbocycles. The lowest BCUT2D eigenvalue weighted by atomic mass is 9.89. The van der Waals surface area contributed by atoms with Crippen molar-refractivity contribution in [3.05, 3.63) is 35.9 Å². The van der Waals surface area contributed by atoms with Crippen LogP contribution in [0.5, 0.6) is 0 Å². The van der Waals surface area contributed by atoms with Gasteiger partial charge in [-0.1, -0.05) is 43.7 Å². The van der Waals surface area contributed by atoms with Crippen molar-refractivity contribution in [3.8, 4) is 0 Å². The van der Waals surface area contributed by atoms with Crippen molar-refractivity contribution in [2.75, 3.05) is 13.1 Å². The van der Waals surface area contributed by atoms with E-state index in [9.17, 15) is 0 Å². The molecule has 1 nitrogen and oxygen atoms in total. The zero-order valence-corrected chi connectivity index (χ0v) is 12.1. The summed E-state index contributed by atoms with van der Waals surface area (Å²) < 4.78 is 0. The van der Waals surface area contributed by atoms with Crippen molar-refractivity contribution < 1.29 is 0 Å². The molecule has 0 radical (unpaired) electrons. The molecule has 2 aliphatic carbocycles. The second-order valence-corrected chi connectivity index (χ2v) is 6.74. The Morgan fingerprint density at radius 1 is 1.16 bits per heavy atom. The van der Waals surface area contributed by atoms with Crippen LogP contribution in [-0.4, -0.2) is 13.1 Å². The Labute approximate surface area is 117 Å². The van der Waals surface area contributed by atoms with Gasteiger partial charge < -0.3 is 5.32 Å². The van der Waals surface area contributed by atoms with Crippen LogP contribution >= 0.6 is 0 Å². The first kappa shape index (κ1) is 13.2. The molecule has 19 heavy (non-hydrogen) atoms. The zero-order valence-electron chi connectivity index (χ0n) is 12.1. The molecule has 0 saturated heterocycles. The fourth-order valence-corrected chi connectivity index (χ4v) is 4.18. The molecule has 3 rings (SSSR count). The fraction of sp³-hybridized carbons (Fsp3) is 0.667. The predicted molar refractivity (Wildman–Crippen MR) is 81.3 cm³/mol. The van der Waals surface area contributed by atoms with E-state index in [1.165, 1.54) is 50.8 Å². The van der Waals surface area contributed by atoms with Crippen LogP contribution in [0.3, 0.4) is 0 Å². The number of benzene rings is 1. The normalized spacial score (nSPS) is 30.7. The van der Waals surface area contributed by atoms with Gasteiger partial charge in [-0.2, -0.15) is 0 Å². The summed E-state index contributed by atoms with van der Waals surface area (Å²) in [6.07, 6.45) is 7.33. The Kier molecular flexibility index (Phi) is 4.22. The maximum absolute atomic E-state index is 3.71. The molecular formula is C18H27N. The minimum absolute atomic E-state index is 0.675. The summed E-state index contributed by atoms with van der Waals surface area (Å²) in [4.78, 5) is 0. The van der Waals surface area contributed by atoms with Gasteiger partial charge in [0, 0.05) is 0 Å². The second-order valence-electron chi connectivity index (χ2n) is 6.74. The minimum atomic E-state index is 0.675. The molecule has 4 atom stereocenters. The SMILES string of the molecule is CC(CCNCC1CC2CCC1C2)c1ccccc1. The van der Waals surface area contributed by atoms with E-state index in [0.29, 0.717) is 5.92 Å². The molecule has 0 heterocycles. The van der Waals surface area contributed by atoms with Crippen LogP contribution in [0.4, 0.5) is 0 Å². The average molecular weight is 257 g/mol. The van der Waals surface area contributed by atoms with Crippen molar-refractivity contribution in [1.82, 2.24) is 5.32 Å². The molecule has 0 spiro atoms. The van der Waals surface area contributed by atoms with Crippen LogP contribution in [-0.2, 0) is 0 Å². The molecule has 2 bridgehead atoms. The van der Waals surface area contributed by atoms with Crippen LogP contribution in [0.15, 0.2) is 30.3 Å². The summed E-state index contributed by atoms with van der Waals surface area (Å²) in [6, 6.07) is 10.9. The highest BCUT2D eigenvalue weighted by Crippen LogP contribution is 2.47. The Balaban J connectivity index is 1.35. The zero-order chi connectivity index (χ0) is 13.1. The van der Waals surface area contributed by atoms with Crippen LogP contribution in [0.1, 0.15) is 50.5 Å². The minimum Gasteiger partial charge on any atom is -0.316 e. The van der Waals surface area contributed by atoms with Crippen molar-refractivity contribution in [3.63, 3.8) is 0 Å². The maximum Gasteiger partial charge on any atom is -0.00178 e. The first-order valence-electron chi connectivity index (χ1n) is 8.08. The van der Waals surface area contributed by atoms with Gasteiger partial charge in [0.2, 0.25) is 0 Å². The molecule has 1 N–H and O–H groups in total. The quantitative estimate of drug-likeness (QED) is 0.753. The molecule has 1 aromatic carbocycles. The van der Waals surface area contributed by atoms with Gasteiger partial charge in [0.05, 0.1) is 0 Å². The van der Waals surface area contributed by atoms with Gasteiger partial charge in [-0.15, -0.1) is 0 Å². The standard InChI is InChI=1S/C18H27N/c1-14(16-5-3-2-4-6-16)9-10-19-13-18-12-15-7-8-17(18)11-15/h2-6,14-15,17-19H,7-13H2,1H3. The van der Waals surface area contributed by atoms with E-state index in [1.54, 1.807) is 0 Å². The van der Waals surface area contributed by atoms with Gasteiger partial charge >= 0.3 is 0 Å². The van der Waals surface area contributed by atoms with Crippen LogP contribution in [0, 0.1) is 17.8 Å². The lowest BCUT2D eigenvalue weighted by Gasteiger charge is -2.22. The first-order valence-corrected chi connectivity index (χ1v) is 8.08. The largest absolute Gasteiger partial charge is 0.316 e. The van der Waals surface area contributed by atoms with Gasteiger partial charge in [0.25, 0.3) is 0 Å². The summed E-state index contributed by atoms with van der Waals surface area (Å²) in [7, 11) is 0. The van der Waals surface area contributed by atoms with Gasteiger partial charge in [-0.3, -0.25) is 0 Å². The fourth-order valence-electron chi connectivity index (χ4n) is 4.18. The Bertz CT molecular complexity index is 386. The van der Waals surface area contributed by atoms with Crippen molar-refractivity contribution in [2.24, 2.45) is 17.8 Å². The third kappa shape index (κ3) is 3.20. The van der Waals surface area contributed by atoms with Gasteiger partial charge in [0.15, 0.2) is 0 Å². The van der Waals surface area contributed by atoms with E-state index in [2.05, 4.69) is 42.6 Å². The lowest BCUT2D eigenvalue weighted by Crippen LogP contribution is -2.27. The molecule has 0 aliphatic heterocycles. The van der Waals surface area contributed by atoms with Gasteiger partial charge in [0.1, 0.15) is 0 Å². The summed E-state index contributed by atoms with van der Waals surface area (Å²) in [5.74, 6) is 3.81. The second kappa shape index (κ2) is 6.09. The number of rotatable bonds is 6. The van der Waals surface area contributed by atoms with E-state index in [-0.39, 0.29) is 0 Å². The number of hydrogen-bond acceptors (Lipinski definition) is 1. The topological polar surface area (TPSA) is 12.0 Å². The summed E-state index contributed by atoms with van der Waals surface area (Å²) in [5.41, 5.74) is 1.48. The van der Waals surface area contributed by atoms with E-state index in [1.807, 2.05) is 0 Å². The molecule has 0 aromatic heterocycles. The smallest absolute Gasteiger partial charge is 0.00178 e. The summed E-state index contributed by atoms with van der Waals surface area (Å²) >= 11 is 0. The molecule has 2 fully saturated rings. The molecular weight excluding hydrogens is 230 g/mol. The molecule has 2 aliphatic rings. The van der Waals surface area contributed by atoms with E-state index in [0.717, 1.165) is 17.8 Å². The third-order valence-corrected chi connectivity index (χ3v) is 5.41. The molecule has 1 heteroatoms. The van der Waals surface area contributed by atoms with Gasteiger partial charge in [-0.05, 0) is 68.0 Å². The molecule has 0 amide bonds. The Hall–Kier alpha value is -0.820. The molecule has 4 unspecified atom stereocenters. The average Bonchev–Trinajstić information content (AvgIpc) is 3.07. The van der Waals surface area contributed by atoms with E-state index in [4.69, 9.17) is 0 Å². The van der Waals surface area contributed by atoms with Crippen LogP contribution < -0.4 is 5.32 Å². The van der Waals surface area contributed by atoms with Crippen molar-refractivity contribution in [1.29, 1.82) is 0 Å². The highest BCUT2D eigenvalue weighted by molar-refractivity contribution is 5.18. The first-order chi connectivity index (χ1) is 9.33. The summed E-state index contributed by atoms with van der Waals surface area (Å²) in [5, 5.41) is 3.71. The molecule has 104 valence electrons. The Morgan fingerprint density at radius 2 is 2.00 bits per heavy atom. The third-order valence-electron chi connectivity index (χ3n) is 5.41. The van der Waals surface area contributed by atoms with E-state index >= 15 is 0 Å². The van der Waals surface area contributed by atoms with Crippen molar-refractivity contribution in [2.45, 2.75) is 44.9 Å². The number of fused-ring (bicyclic) bond motifs is 2. The van der Waals surface area contributed by atoms with E-state index < -0.39 is 0 Å². The predicted octanol–water partition coefficient (Wildman–Crippen LogP) is 4.21.